The fraction of sp³-hybridized carbons (Fsp3) is 1.00. The van der Waals surface area contributed by atoms with Crippen molar-refractivity contribution in [3.8, 4) is 0 Å². The third-order valence-corrected chi connectivity index (χ3v) is 3.77. The van der Waals surface area contributed by atoms with Crippen LogP contribution in [0.15, 0.2) is 0 Å². The van der Waals surface area contributed by atoms with Crippen molar-refractivity contribution in [3.63, 3.8) is 0 Å². The fourth-order valence-corrected chi connectivity index (χ4v) is 3.13. The van der Waals surface area contributed by atoms with Crippen molar-refractivity contribution in [1.29, 1.82) is 0 Å². The quantitative estimate of drug-likeness (QED) is 0.695. The zero-order chi connectivity index (χ0) is 9.42. The van der Waals surface area contributed by atoms with Gasteiger partial charge in [-0.25, -0.2) is 0 Å². The smallest absolute Gasteiger partial charge is 0.0264 e. The predicted octanol–water partition coefficient (Wildman–Crippen LogP) is 1.47. The highest BCUT2D eigenvalue weighted by Gasteiger charge is 2.43. The van der Waals surface area contributed by atoms with Gasteiger partial charge < -0.3 is 5.32 Å². The monoisotopic (exact) mass is 182 g/mol. The molecule has 2 nitrogen and oxygen atoms in total. The number of hydrogen-bond donors (Lipinski definition) is 1. The number of fused-ring (bicyclic) bond motifs is 1. The molecule has 0 aromatic rings. The highest BCUT2D eigenvalue weighted by atomic mass is 15.3. The van der Waals surface area contributed by atoms with E-state index in [1.807, 2.05) is 0 Å². The first-order chi connectivity index (χ1) is 6.24. The molecule has 2 heteroatoms. The van der Waals surface area contributed by atoms with Crippen molar-refractivity contribution in [2.75, 3.05) is 13.1 Å². The molecule has 2 heterocycles. The molecule has 2 rings (SSSR count). The van der Waals surface area contributed by atoms with E-state index in [9.17, 15) is 0 Å². The summed E-state index contributed by atoms with van der Waals surface area (Å²) in [6, 6.07) is 2.32. The van der Waals surface area contributed by atoms with Crippen molar-refractivity contribution in [2.24, 2.45) is 5.92 Å². The summed E-state index contributed by atoms with van der Waals surface area (Å²) >= 11 is 0. The molecule has 2 fully saturated rings. The summed E-state index contributed by atoms with van der Waals surface area (Å²) in [6.45, 7) is 9.54. The van der Waals surface area contributed by atoms with Gasteiger partial charge in [0.2, 0.25) is 0 Å². The van der Waals surface area contributed by atoms with Crippen LogP contribution in [-0.2, 0) is 0 Å². The van der Waals surface area contributed by atoms with Gasteiger partial charge >= 0.3 is 0 Å². The summed E-state index contributed by atoms with van der Waals surface area (Å²) in [6.07, 6.45) is 2.69. The van der Waals surface area contributed by atoms with E-state index in [1.54, 1.807) is 0 Å². The number of nitrogens with zero attached hydrogens (tertiary/aromatic N) is 1. The minimum absolute atomic E-state index is 0.720. The molecule has 1 N–H and O–H groups in total. The molecule has 13 heavy (non-hydrogen) atoms. The highest BCUT2D eigenvalue weighted by molar-refractivity contribution is 5.01. The topological polar surface area (TPSA) is 15.3 Å². The Hall–Kier alpha value is -0.0800. The second-order valence-corrected chi connectivity index (χ2v) is 4.79. The van der Waals surface area contributed by atoms with Gasteiger partial charge in [0, 0.05) is 24.7 Å². The largest absolute Gasteiger partial charge is 0.312 e. The van der Waals surface area contributed by atoms with Crippen LogP contribution in [0.4, 0.5) is 0 Å². The van der Waals surface area contributed by atoms with Gasteiger partial charge in [0.15, 0.2) is 0 Å². The van der Waals surface area contributed by atoms with E-state index < -0.39 is 0 Å². The highest BCUT2D eigenvalue weighted by Crippen LogP contribution is 2.32. The van der Waals surface area contributed by atoms with Gasteiger partial charge in [-0.15, -0.1) is 0 Å². The standard InChI is InChI=1S/C11H22N2/c1-4-10-11-9(5-6-12-11)7-13(10)8(2)3/h8-12H,4-7H2,1-3H3. The summed E-state index contributed by atoms with van der Waals surface area (Å²) in [5.74, 6) is 0.937. The van der Waals surface area contributed by atoms with Crippen molar-refractivity contribution < 1.29 is 0 Å². The van der Waals surface area contributed by atoms with Crippen LogP contribution in [0.1, 0.15) is 33.6 Å². The lowest BCUT2D eigenvalue weighted by Gasteiger charge is -2.30. The lowest BCUT2D eigenvalue weighted by atomic mass is 9.99. The van der Waals surface area contributed by atoms with Crippen molar-refractivity contribution in [1.82, 2.24) is 10.2 Å². The number of nitrogens with one attached hydrogen (secondary N) is 1. The van der Waals surface area contributed by atoms with Crippen LogP contribution in [0.2, 0.25) is 0 Å². The molecule has 0 spiro atoms. The fourth-order valence-electron chi connectivity index (χ4n) is 3.13. The second-order valence-electron chi connectivity index (χ2n) is 4.79. The van der Waals surface area contributed by atoms with E-state index in [4.69, 9.17) is 0 Å². The number of rotatable bonds is 2. The Morgan fingerprint density at radius 2 is 2.23 bits per heavy atom. The van der Waals surface area contributed by atoms with Crippen LogP contribution in [0.25, 0.3) is 0 Å². The average molecular weight is 182 g/mol. The van der Waals surface area contributed by atoms with E-state index in [1.165, 1.54) is 25.9 Å². The Labute approximate surface area is 81.7 Å². The van der Waals surface area contributed by atoms with Gasteiger partial charge in [-0.2, -0.15) is 0 Å². The normalized spacial score (nSPS) is 40.2. The first-order valence-corrected chi connectivity index (χ1v) is 5.73. The average Bonchev–Trinajstić information content (AvgIpc) is 2.60. The molecular weight excluding hydrogens is 160 g/mol. The SMILES string of the molecule is CCC1C2NCCC2CN1C(C)C. The molecule has 76 valence electrons. The van der Waals surface area contributed by atoms with Crippen LogP contribution < -0.4 is 5.32 Å². The van der Waals surface area contributed by atoms with Crippen LogP contribution >= 0.6 is 0 Å². The van der Waals surface area contributed by atoms with E-state index in [0.29, 0.717) is 0 Å². The molecule has 0 aliphatic carbocycles. The summed E-state index contributed by atoms with van der Waals surface area (Å²) in [5.41, 5.74) is 0. The van der Waals surface area contributed by atoms with E-state index >= 15 is 0 Å². The van der Waals surface area contributed by atoms with Gasteiger partial charge in [0.1, 0.15) is 0 Å². The van der Waals surface area contributed by atoms with Gasteiger partial charge in [-0.05, 0) is 39.2 Å². The molecule has 3 atom stereocenters. The molecule has 0 radical (unpaired) electrons. The summed E-state index contributed by atoms with van der Waals surface area (Å²) in [7, 11) is 0. The Morgan fingerprint density at radius 3 is 2.85 bits per heavy atom. The number of likely N-dealkylation sites (tertiary alicyclic amines) is 1. The van der Waals surface area contributed by atoms with Gasteiger partial charge in [-0.3, -0.25) is 4.90 Å². The predicted molar refractivity (Wildman–Crippen MR) is 55.8 cm³/mol. The van der Waals surface area contributed by atoms with Gasteiger partial charge in [-0.1, -0.05) is 6.92 Å². The minimum atomic E-state index is 0.720. The molecule has 2 aliphatic rings. The first kappa shape index (κ1) is 9.47. The third-order valence-electron chi connectivity index (χ3n) is 3.77. The van der Waals surface area contributed by atoms with Gasteiger partial charge in [0.05, 0.1) is 0 Å². The molecule has 2 saturated heterocycles. The summed E-state index contributed by atoms with van der Waals surface area (Å²) in [5, 5.41) is 3.66. The van der Waals surface area contributed by atoms with E-state index in [-0.39, 0.29) is 0 Å². The maximum Gasteiger partial charge on any atom is 0.0264 e. The Morgan fingerprint density at radius 1 is 1.46 bits per heavy atom. The van der Waals surface area contributed by atoms with E-state index in [0.717, 1.165) is 24.0 Å². The van der Waals surface area contributed by atoms with Crippen LogP contribution in [0.5, 0.6) is 0 Å². The Kier molecular flexibility index (Phi) is 2.61. The third kappa shape index (κ3) is 1.50. The Balaban J connectivity index is 2.08. The molecule has 0 amide bonds. The zero-order valence-electron chi connectivity index (χ0n) is 9.09. The maximum absolute atomic E-state index is 3.66. The van der Waals surface area contributed by atoms with E-state index in [2.05, 4.69) is 31.0 Å². The molecule has 0 saturated carbocycles. The lowest BCUT2D eigenvalue weighted by Crippen LogP contribution is -2.43. The Bertz CT molecular complexity index is 179. The van der Waals surface area contributed by atoms with Gasteiger partial charge in [0.25, 0.3) is 0 Å². The van der Waals surface area contributed by atoms with Crippen molar-refractivity contribution in [2.45, 2.75) is 51.7 Å². The molecular formula is C11H22N2. The molecule has 2 aliphatic heterocycles. The molecule has 0 bridgehead atoms. The van der Waals surface area contributed by atoms with Crippen molar-refractivity contribution in [3.05, 3.63) is 0 Å². The molecule has 0 aromatic heterocycles. The maximum atomic E-state index is 3.66. The number of hydrogen-bond acceptors (Lipinski definition) is 2. The summed E-state index contributed by atoms with van der Waals surface area (Å²) < 4.78 is 0. The molecule has 3 unspecified atom stereocenters. The van der Waals surface area contributed by atoms with Crippen LogP contribution in [0, 0.1) is 5.92 Å². The molecule has 0 aromatic carbocycles. The van der Waals surface area contributed by atoms with Crippen molar-refractivity contribution >= 4 is 0 Å². The zero-order valence-corrected chi connectivity index (χ0v) is 9.09. The van der Waals surface area contributed by atoms with Crippen LogP contribution in [-0.4, -0.2) is 36.1 Å². The second kappa shape index (κ2) is 3.58. The van der Waals surface area contributed by atoms with Crippen LogP contribution in [0.3, 0.4) is 0 Å². The first-order valence-electron chi connectivity index (χ1n) is 5.73. The minimum Gasteiger partial charge on any atom is -0.312 e. The summed E-state index contributed by atoms with van der Waals surface area (Å²) in [4.78, 5) is 2.68. The lowest BCUT2D eigenvalue weighted by molar-refractivity contribution is 0.182.